The second kappa shape index (κ2) is 9.70. The predicted molar refractivity (Wildman–Crippen MR) is 123 cm³/mol. The lowest BCUT2D eigenvalue weighted by Crippen LogP contribution is -2.23. The summed E-state index contributed by atoms with van der Waals surface area (Å²) in [6, 6.07) is 18.2. The summed E-state index contributed by atoms with van der Waals surface area (Å²) in [6.07, 6.45) is 0. The van der Waals surface area contributed by atoms with Gasteiger partial charge < -0.3 is 10.1 Å². The average Bonchev–Trinajstić information content (AvgIpc) is 2.74. The molecule has 3 aromatic carbocycles. The van der Waals surface area contributed by atoms with E-state index in [0.29, 0.717) is 23.1 Å². The van der Waals surface area contributed by atoms with Crippen LogP contribution < -0.4 is 10.1 Å². The van der Waals surface area contributed by atoms with Gasteiger partial charge in [0.1, 0.15) is 12.4 Å². The van der Waals surface area contributed by atoms with Gasteiger partial charge in [0.05, 0.1) is 15.5 Å². The van der Waals surface area contributed by atoms with E-state index in [4.69, 9.17) is 27.9 Å². The number of nitrogens with one attached hydrogen (secondary N) is 1. The molecule has 0 saturated heterocycles. The van der Waals surface area contributed by atoms with E-state index in [2.05, 4.69) is 5.32 Å². The van der Waals surface area contributed by atoms with E-state index in [0.717, 1.165) is 9.87 Å². The zero-order chi connectivity index (χ0) is 22.6. The number of anilines is 1. The van der Waals surface area contributed by atoms with Crippen LogP contribution in [-0.4, -0.2) is 32.7 Å². The van der Waals surface area contributed by atoms with E-state index < -0.39 is 15.9 Å². The topological polar surface area (TPSA) is 75.7 Å². The highest BCUT2D eigenvalue weighted by Crippen LogP contribution is 2.24. The summed E-state index contributed by atoms with van der Waals surface area (Å²) in [6.45, 7) is 0.314. The fourth-order valence-corrected chi connectivity index (χ4v) is 3.98. The maximum Gasteiger partial charge on any atom is 0.257 e. The number of hydrogen-bond donors (Lipinski definition) is 1. The summed E-state index contributed by atoms with van der Waals surface area (Å²) in [4.78, 5) is 12.6. The maximum atomic E-state index is 12.7. The first-order chi connectivity index (χ1) is 14.7. The predicted octanol–water partition coefficient (Wildman–Crippen LogP) is 5.08. The Labute approximate surface area is 191 Å². The van der Waals surface area contributed by atoms with Crippen molar-refractivity contribution in [3.63, 3.8) is 0 Å². The summed E-state index contributed by atoms with van der Waals surface area (Å²) < 4.78 is 31.4. The molecular weight excluding hydrogens is 459 g/mol. The Morgan fingerprint density at radius 1 is 0.968 bits per heavy atom. The van der Waals surface area contributed by atoms with Gasteiger partial charge in [0, 0.05) is 30.4 Å². The molecule has 0 aliphatic carbocycles. The number of amides is 1. The van der Waals surface area contributed by atoms with Crippen LogP contribution in [0.25, 0.3) is 0 Å². The zero-order valence-electron chi connectivity index (χ0n) is 16.8. The molecule has 0 heterocycles. The molecule has 1 amide bonds. The normalized spacial score (nSPS) is 11.4. The number of carbonyl (C=O) groups excluding carboxylic acids is 1. The molecule has 3 aromatic rings. The smallest absolute Gasteiger partial charge is 0.257 e. The van der Waals surface area contributed by atoms with Crippen molar-refractivity contribution in [2.45, 2.75) is 11.5 Å². The number of hydrogen-bond acceptors (Lipinski definition) is 4. The lowest BCUT2D eigenvalue weighted by molar-refractivity contribution is 0.102. The highest BCUT2D eigenvalue weighted by Gasteiger charge is 2.21. The van der Waals surface area contributed by atoms with Crippen molar-refractivity contribution in [2.24, 2.45) is 0 Å². The number of rotatable bonds is 7. The fourth-order valence-electron chi connectivity index (χ4n) is 2.66. The minimum absolute atomic E-state index is 0.0182. The standard InChI is InChI=1S/C22H20Cl2N2O4S/c1-26(2)31(28,29)18-11-12-21(24)19(13-18)22(27)25-16-7-9-17(10-8-16)30-14-15-5-3-4-6-20(15)23/h3-13H,14H2,1-2H3,(H,25,27). The monoisotopic (exact) mass is 478 g/mol. The molecule has 9 heteroatoms. The molecule has 3 rings (SSSR count). The van der Waals surface area contributed by atoms with Crippen molar-refractivity contribution in [1.82, 2.24) is 4.31 Å². The van der Waals surface area contributed by atoms with Crippen LogP contribution in [0.3, 0.4) is 0 Å². The molecule has 0 saturated carbocycles. The van der Waals surface area contributed by atoms with Crippen LogP contribution in [0.15, 0.2) is 71.6 Å². The van der Waals surface area contributed by atoms with Gasteiger partial charge in [-0.1, -0.05) is 41.4 Å². The molecule has 0 aromatic heterocycles. The van der Waals surface area contributed by atoms with Gasteiger partial charge in [-0.2, -0.15) is 0 Å². The Bertz CT molecular complexity index is 1200. The molecular formula is C22H20Cl2N2O4S. The Morgan fingerprint density at radius 3 is 2.29 bits per heavy atom. The summed E-state index contributed by atoms with van der Waals surface area (Å²) >= 11 is 12.2. The van der Waals surface area contributed by atoms with Crippen molar-refractivity contribution in [3.05, 3.63) is 87.9 Å². The van der Waals surface area contributed by atoms with Crippen LogP contribution in [0, 0.1) is 0 Å². The van der Waals surface area contributed by atoms with Crippen LogP contribution in [0.4, 0.5) is 5.69 Å². The van der Waals surface area contributed by atoms with Crippen molar-refractivity contribution < 1.29 is 17.9 Å². The first kappa shape index (κ1) is 23.1. The molecule has 31 heavy (non-hydrogen) atoms. The van der Waals surface area contributed by atoms with Gasteiger partial charge in [0.15, 0.2) is 0 Å². The van der Waals surface area contributed by atoms with E-state index in [1.165, 1.54) is 32.3 Å². The van der Waals surface area contributed by atoms with Gasteiger partial charge in [0.2, 0.25) is 10.0 Å². The third-order valence-corrected chi connectivity index (χ3v) is 6.93. The Balaban J connectivity index is 1.70. The minimum atomic E-state index is -3.69. The molecule has 0 fully saturated rings. The second-order valence-corrected chi connectivity index (χ2v) is 9.75. The summed E-state index contributed by atoms with van der Waals surface area (Å²) in [5.41, 5.74) is 1.43. The van der Waals surface area contributed by atoms with E-state index in [1.807, 2.05) is 18.2 Å². The SMILES string of the molecule is CN(C)S(=O)(=O)c1ccc(Cl)c(C(=O)Nc2ccc(OCc3ccccc3Cl)cc2)c1. The number of nitrogens with zero attached hydrogens (tertiary/aromatic N) is 1. The molecule has 162 valence electrons. The van der Waals surface area contributed by atoms with Crippen molar-refractivity contribution in [3.8, 4) is 5.75 Å². The first-order valence-electron chi connectivity index (χ1n) is 9.18. The Morgan fingerprint density at radius 2 is 1.65 bits per heavy atom. The van der Waals surface area contributed by atoms with Crippen LogP contribution in [0.5, 0.6) is 5.75 Å². The van der Waals surface area contributed by atoms with E-state index >= 15 is 0 Å². The third kappa shape index (κ3) is 5.57. The summed E-state index contributed by atoms with van der Waals surface area (Å²) in [5.74, 6) is 0.0839. The zero-order valence-corrected chi connectivity index (χ0v) is 19.1. The lowest BCUT2D eigenvalue weighted by Gasteiger charge is -2.13. The highest BCUT2D eigenvalue weighted by atomic mass is 35.5. The van der Waals surface area contributed by atoms with E-state index in [9.17, 15) is 13.2 Å². The second-order valence-electron chi connectivity index (χ2n) is 6.79. The summed E-state index contributed by atoms with van der Waals surface area (Å²) in [5, 5.41) is 3.48. The first-order valence-corrected chi connectivity index (χ1v) is 11.4. The van der Waals surface area contributed by atoms with E-state index in [-0.39, 0.29) is 15.5 Å². The fraction of sp³-hybridized carbons (Fsp3) is 0.136. The van der Waals surface area contributed by atoms with Crippen molar-refractivity contribution >= 4 is 44.8 Å². The molecule has 0 atom stereocenters. The van der Waals surface area contributed by atoms with Crippen LogP contribution in [0.1, 0.15) is 15.9 Å². The highest BCUT2D eigenvalue weighted by molar-refractivity contribution is 7.89. The van der Waals surface area contributed by atoms with Gasteiger partial charge >= 0.3 is 0 Å². The minimum Gasteiger partial charge on any atom is -0.489 e. The molecule has 0 radical (unpaired) electrons. The Hall–Kier alpha value is -2.58. The Kier molecular flexibility index (Phi) is 7.23. The van der Waals surface area contributed by atoms with Gasteiger partial charge in [0.25, 0.3) is 5.91 Å². The van der Waals surface area contributed by atoms with Crippen molar-refractivity contribution in [2.75, 3.05) is 19.4 Å². The number of ether oxygens (including phenoxy) is 1. The number of sulfonamides is 1. The number of carbonyl (C=O) groups is 1. The lowest BCUT2D eigenvalue weighted by atomic mass is 10.2. The molecule has 0 spiro atoms. The third-order valence-electron chi connectivity index (χ3n) is 4.43. The quantitative estimate of drug-likeness (QED) is 0.513. The van der Waals surface area contributed by atoms with Crippen LogP contribution >= 0.6 is 23.2 Å². The molecule has 6 nitrogen and oxygen atoms in total. The van der Waals surface area contributed by atoms with Crippen LogP contribution in [-0.2, 0) is 16.6 Å². The number of benzene rings is 3. The molecule has 0 unspecified atom stereocenters. The maximum absolute atomic E-state index is 12.7. The molecule has 1 N–H and O–H groups in total. The molecule has 0 aliphatic heterocycles. The molecule has 0 aliphatic rings. The van der Waals surface area contributed by atoms with Crippen molar-refractivity contribution in [1.29, 1.82) is 0 Å². The number of halogens is 2. The van der Waals surface area contributed by atoms with Gasteiger partial charge in [-0.05, 0) is 48.5 Å². The van der Waals surface area contributed by atoms with Crippen LogP contribution in [0.2, 0.25) is 10.0 Å². The van der Waals surface area contributed by atoms with Gasteiger partial charge in [-0.3, -0.25) is 4.79 Å². The molecule has 0 bridgehead atoms. The average molecular weight is 479 g/mol. The van der Waals surface area contributed by atoms with Gasteiger partial charge in [-0.25, -0.2) is 12.7 Å². The largest absolute Gasteiger partial charge is 0.489 e. The van der Waals surface area contributed by atoms with E-state index in [1.54, 1.807) is 30.3 Å². The summed E-state index contributed by atoms with van der Waals surface area (Å²) in [7, 11) is -0.860. The van der Waals surface area contributed by atoms with Gasteiger partial charge in [-0.15, -0.1) is 0 Å².